The minimum absolute atomic E-state index is 0.0438. The zero-order valence-corrected chi connectivity index (χ0v) is 41.9. The van der Waals surface area contributed by atoms with Crippen LogP contribution in [0.4, 0.5) is 51.2 Å². The lowest BCUT2D eigenvalue weighted by molar-refractivity contribution is 0.483. The fourth-order valence-electron chi connectivity index (χ4n) is 12.6. The van der Waals surface area contributed by atoms with Gasteiger partial charge in [0.25, 0.3) is 6.71 Å². The first-order chi connectivity index (χ1) is 37.7. The molecule has 0 atom stereocenters. The van der Waals surface area contributed by atoms with Gasteiger partial charge in [0, 0.05) is 60.7 Å². The fraction of sp³-hybridized carbons (Fsp3) is 0. The molecule has 0 radical (unpaired) electrons. The van der Waals surface area contributed by atoms with Crippen LogP contribution in [0.3, 0.4) is 0 Å². The maximum absolute atomic E-state index is 6.58. The summed E-state index contributed by atoms with van der Waals surface area (Å²) in [5, 5.41) is 4.60. The van der Waals surface area contributed by atoms with Gasteiger partial charge in [-0.05, 0) is 171 Å². The van der Waals surface area contributed by atoms with Gasteiger partial charge >= 0.3 is 0 Å². The van der Waals surface area contributed by atoms with Crippen LogP contribution in [0.25, 0.3) is 21.5 Å². The second kappa shape index (κ2) is 17.1. The van der Waals surface area contributed by atoms with Crippen molar-refractivity contribution in [2.24, 2.45) is 0 Å². The van der Waals surface area contributed by atoms with E-state index >= 15 is 0 Å². The molecular weight excluding hydrogens is 944 g/mol. The van der Waals surface area contributed by atoms with Crippen LogP contribution in [0.15, 0.2) is 271 Å². The number of anilines is 9. The SMILES string of the molecule is c1ccc(Oc2ccc3c4c5c(cc3c2)N(c2ccccc2)c2ccccc2B5c2cc3c(cc2S4)N(c2ccccc2)c2c4c(cc5cc(Oc6ccccc6)ccc25)N(c2ccccc2)c2ccccc2B34)cc1. The van der Waals surface area contributed by atoms with Gasteiger partial charge in [0.15, 0.2) is 0 Å². The number of hydrogen-bond donors (Lipinski definition) is 0. The first-order valence-electron chi connectivity index (χ1n) is 26.0. The predicted octanol–water partition coefficient (Wildman–Crippen LogP) is 14.4. The zero-order chi connectivity index (χ0) is 49.8. The summed E-state index contributed by atoms with van der Waals surface area (Å²) in [5.74, 6) is 3.22. The van der Waals surface area contributed by atoms with Crippen molar-refractivity contribution in [1.82, 2.24) is 0 Å². The van der Waals surface area contributed by atoms with Crippen LogP contribution in [0.5, 0.6) is 23.0 Å². The van der Waals surface area contributed by atoms with E-state index in [2.05, 4.69) is 215 Å². The average Bonchev–Trinajstić information content (AvgIpc) is 3.50. The maximum Gasteiger partial charge on any atom is 0.252 e. The molecule has 0 saturated heterocycles. The van der Waals surface area contributed by atoms with Crippen molar-refractivity contribution in [2.75, 3.05) is 14.7 Å². The van der Waals surface area contributed by atoms with E-state index in [1.165, 1.54) is 76.4 Å². The Morgan fingerprint density at radius 2 is 0.750 bits per heavy atom. The third-order valence-electron chi connectivity index (χ3n) is 15.7. The molecule has 0 spiro atoms. The highest BCUT2D eigenvalue weighted by Gasteiger charge is 2.47. The molecule has 12 aromatic carbocycles. The van der Waals surface area contributed by atoms with E-state index in [1.807, 2.05) is 72.4 Å². The van der Waals surface area contributed by atoms with Gasteiger partial charge in [0.1, 0.15) is 23.0 Å². The number of nitrogens with zero attached hydrogens (tertiary/aromatic N) is 3. The minimum Gasteiger partial charge on any atom is -0.457 e. The van der Waals surface area contributed by atoms with Crippen molar-refractivity contribution in [2.45, 2.75) is 9.79 Å². The van der Waals surface area contributed by atoms with Gasteiger partial charge in [-0.2, -0.15) is 0 Å². The van der Waals surface area contributed by atoms with Crippen molar-refractivity contribution in [3.05, 3.63) is 261 Å². The van der Waals surface area contributed by atoms with Crippen molar-refractivity contribution in [1.29, 1.82) is 0 Å². The van der Waals surface area contributed by atoms with Crippen LogP contribution in [-0.4, -0.2) is 13.4 Å². The minimum atomic E-state index is -0.0868. The molecular formula is C68H43B2N3O2S. The molecule has 0 fully saturated rings. The summed E-state index contributed by atoms with van der Waals surface area (Å²) in [6.07, 6.45) is 0. The summed E-state index contributed by atoms with van der Waals surface area (Å²) in [6, 6.07) is 94.2. The molecule has 0 aliphatic carbocycles. The largest absolute Gasteiger partial charge is 0.457 e. The van der Waals surface area contributed by atoms with Gasteiger partial charge < -0.3 is 24.2 Å². The number of benzene rings is 12. The highest BCUT2D eigenvalue weighted by atomic mass is 32.2. The van der Waals surface area contributed by atoms with Crippen molar-refractivity contribution >= 4 is 131 Å². The fourth-order valence-corrected chi connectivity index (χ4v) is 13.9. The lowest BCUT2D eigenvalue weighted by Gasteiger charge is -2.46. The van der Waals surface area contributed by atoms with E-state index in [0.717, 1.165) is 61.9 Å². The molecule has 354 valence electrons. The normalized spacial score (nSPS) is 13.3. The summed E-state index contributed by atoms with van der Waals surface area (Å²) in [6.45, 7) is -0.131. The Kier molecular flexibility index (Phi) is 9.69. The Hall–Kier alpha value is -9.36. The van der Waals surface area contributed by atoms with Crippen molar-refractivity contribution in [3.8, 4) is 23.0 Å². The average molecular weight is 988 g/mol. The smallest absolute Gasteiger partial charge is 0.252 e. The van der Waals surface area contributed by atoms with Gasteiger partial charge in [-0.3, -0.25) is 0 Å². The third-order valence-corrected chi connectivity index (χ3v) is 16.9. The summed E-state index contributed by atoms with van der Waals surface area (Å²) in [5.41, 5.74) is 18.2. The number of ether oxygens (including phenoxy) is 2. The molecule has 8 heteroatoms. The molecule has 0 aromatic heterocycles. The Morgan fingerprint density at radius 3 is 1.30 bits per heavy atom. The second-order valence-corrected chi connectivity index (χ2v) is 21.0. The van der Waals surface area contributed by atoms with Crippen LogP contribution < -0.4 is 57.0 Å². The standard InChI is InChI=1S/C68H43B2N3O2S/c1-6-20-46(21-7-1)71-59-32-18-16-30-55(59)69-57-42-58-64(43-61(57)73(48-24-10-3-11-25-48)67-53-36-34-51(74-49-26-12-4-13-27-49)38-44(53)40-62(71)65(67)69)76-68-54-37-35-52(75-50-28-14-5-15-29-50)39-45(54)41-63-66(68)70(58)56-31-17-19-33-60(56)72(63)47-22-8-2-9-23-47/h1-43H. The van der Waals surface area contributed by atoms with Gasteiger partial charge in [-0.15, -0.1) is 0 Å². The first kappa shape index (κ1) is 43.1. The van der Waals surface area contributed by atoms with Crippen LogP contribution in [0.1, 0.15) is 0 Å². The Balaban J connectivity index is 0.975. The molecule has 5 nitrogen and oxygen atoms in total. The number of fused-ring (bicyclic) bond motifs is 12. The van der Waals surface area contributed by atoms with E-state index in [9.17, 15) is 0 Å². The molecule has 0 amide bonds. The van der Waals surface area contributed by atoms with Gasteiger partial charge in [0.05, 0.1) is 5.69 Å². The third kappa shape index (κ3) is 6.63. The van der Waals surface area contributed by atoms with E-state index in [1.54, 1.807) is 0 Å². The maximum atomic E-state index is 6.58. The molecule has 0 saturated carbocycles. The molecule has 16 rings (SSSR count). The highest BCUT2D eigenvalue weighted by Crippen LogP contribution is 2.51. The van der Waals surface area contributed by atoms with Crippen LogP contribution in [-0.2, 0) is 0 Å². The lowest BCUT2D eigenvalue weighted by Crippen LogP contribution is -2.64. The van der Waals surface area contributed by atoms with Crippen LogP contribution in [0, 0.1) is 0 Å². The molecule has 12 aromatic rings. The van der Waals surface area contributed by atoms with Crippen molar-refractivity contribution < 1.29 is 9.47 Å². The summed E-state index contributed by atoms with van der Waals surface area (Å²) >= 11 is 1.91. The Morgan fingerprint density at radius 1 is 0.303 bits per heavy atom. The highest BCUT2D eigenvalue weighted by molar-refractivity contribution is 8.00. The van der Waals surface area contributed by atoms with Crippen LogP contribution >= 0.6 is 11.8 Å². The number of para-hydroxylation sites is 7. The van der Waals surface area contributed by atoms with E-state index in [-0.39, 0.29) is 13.4 Å². The molecule has 76 heavy (non-hydrogen) atoms. The first-order valence-corrected chi connectivity index (χ1v) is 26.8. The number of rotatable bonds is 7. The molecule has 4 aliphatic rings. The molecule has 0 bridgehead atoms. The van der Waals surface area contributed by atoms with Crippen molar-refractivity contribution in [3.63, 3.8) is 0 Å². The topological polar surface area (TPSA) is 28.2 Å². The number of hydrogen-bond acceptors (Lipinski definition) is 6. The summed E-state index contributed by atoms with van der Waals surface area (Å²) < 4.78 is 13.1. The molecule has 0 N–H and O–H groups in total. The van der Waals surface area contributed by atoms with Gasteiger partial charge in [-0.25, -0.2) is 0 Å². The van der Waals surface area contributed by atoms with Gasteiger partial charge in [0.2, 0.25) is 6.71 Å². The van der Waals surface area contributed by atoms with Crippen LogP contribution in [0.2, 0.25) is 0 Å². The quantitative estimate of drug-likeness (QED) is 0.148. The van der Waals surface area contributed by atoms with E-state index < -0.39 is 0 Å². The van der Waals surface area contributed by atoms with E-state index in [4.69, 9.17) is 9.47 Å². The lowest BCUT2D eigenvalue weighted by atomic mass is 9.31. The summed E-state index contributed by atoms with van der Waals surface area (Å²) in [7, 11) is 0. The second-order valence-electron chi connectivity index (χ2n) is 19.9. The van der Waals surface area contributed by atoms with E-state index in [0.29, 0.717) is 0 Å². The summed E-state index contributed by atoms with van der Waals surface area (Å²) in [4.78, 5) is 10.0. The molecule has 0 unspecified atom stereocenters. The Bertz CT molecular complexity index is 4300. The predicted molar refractivity (Wildman–Crippen MR) is 318 cm³/mol. The monoisotopic (exact) mass is 987 g/mol. The zero-order valence-electron chi connectivity index (χ0n) is 41.0. The molecule has 4 aliphatic heterocycles. The Labute approximate surface area is 446 Å². The molecule has 4 heterocycles. The van der Waals surface area contributed by atoms with Gasteiger partial charge in [-0.1, -0.05) is 151 Å².